The standard InChI is InChI=1S/C12H13N3/c1-15-7-5-11(14-15)10-3-2-9-4-6-13-12(9)8-10/h2-3,5,7-8,13H,4,6H2,1H3. The predicted octanol–water partition coefficient (Wildman–Crippen LogP) is 2.06. The SMILES string of the molecule is Cn1ccc(-c2ccc3c(c2)NCC3)n1. The van der Waals surface area contributed by atoms with Gasteiger partial charge in [-0.05, 0) is 24.1 Å². The highest BCUT2D eigenvalue weighted by molar-refractivity contribution is 5.68. The van der Waals surface area contributed by atoms with Crippen LogP contribution in [0.2, 0.25) is 0 Å². The third kappa shape index (κ3) is 1.40. The lowest BCUT2D eigenvalue weighted by atomic mass is 10.1. The smallest absolute Gasteiger partial charge is 0.0923 e. The summed E-state index contributed by atoms with van der Waals surface area (Å²) >= 11 is 0. The number of rotatable bonds is 1. The van der Waals surface area contributed by atoms with E-state index in [1.165, 1.54) is 16.8 Å². The highest BCUT2D eigenvalue weighted by atomic mass is 15.2. The van der Waals surface area contributed by atoms with E-state index in [4.69, 9.17) is 0 Å². The van der Waals surface area contributed by atoms with Gasteiger partial charge in [0, 0.05) is 31.0 Å². The van der Waals surface area contributed by atoms with Crippen molar-refractivity contribution in [2.24, 2.45) is 7.05 Å². The normalized spacial score (nSPS) is 13.7. The lowest BCUT2D eigenvalue weighted by Crippen LogP contribution is -1.91. The van der Waals surface area contributed by atoms with Gasteiger partial charge in [0.25, 0.3) is 0 Å². The highest BCUT2D eigenvalue weighted by Crippen LogP contribution is 2.27. The van der Waals surface area contributed by atoms with Crippen LogP contribution in [0.25, 0.3) is 11.3 Å². The Kier molecular flexibility index (Phi) is 1.78. The molecule has 0 bridgehead atoms. The Bertz CT molecular complexity index is 499. The molecule has 1 aliphatic heterocycles. The van der Waals surface area contributed by atoms with Crippen molar-refractivity contribution in [2.45, 2.75) is 6.42 Å². The number of hydrogen-bond donors (Lipinski definition) is 1. The lowest BCUT2D eigenvalue weighted by Gasteiger charge is -2.02. The molecule has 15 heavy (non-hydrogen) atoms. The molecular weight excluding hydrogens is 186 g/mol. The van der Waals surface area contributed by atoms with E-state index in [1.807, 2.05) is 24.0 Å². The Balaban J connectivity index is 2.06. The van der Waals surface area contributed by atoms with Crippen LogP contribution in [-0.4, -0.2) is 16.3 Å². The molecule has 1 N–H and O–H groups in total. The molecule has 1 aromatic heterocycles. The molecule has 0 aliphatic carbocycles. The first-order valence-electron chi connectivity index (χ1n) is 5.20. The molecule has 76 valence electrons. The maximum atomic E-state index is 4.40. The molecule has 0 atom stereocenters. The molecule has 0 amide bonds. The first kappa shape index (κ1) is 8.53. The number of nitrogens with zero attached hydrogens (tertiary/aromatic N) is 2. The molecule has 1 aromatic carbocycles. The van der Waals surface area contributed by atoms with Crippen LogP contribution in [-0.2, 0) is 13.5 Å². The molecule has 2 aromatic rings. The molecule has 2 heterocycles. The van der Waals surface area contributed by atoms with E-state index in [-0.39, 0.29) is 0 Å². The summed E-state index contributed by atoms with van der Waals surface area (Å²) in [4.78, 5) is 0. The number of anilines is 1. The molecular formula is C12H13N3. The lowest BCUT2D eigenvalue weighted by molar-refractivity contribution is 0.771. The van der Waals surface area contributed by atoms with E-state index in [9.17, 15) is 0 Å². The first-order valence-corrected chi connectivity index (χ1v) is 5.20. The van der Waals surface area contributed by atoms with Gasteiger partial charge in [-0.15, -0.1) is 0 Å². The minimum Gasteiger partial charge on any atom is -0.384 e. The molecule has 1 aliphatic rings. The molecule has 3 nitrogen and oxygen atoms in total. The van der Waals surface area contributed by atoms with Crippen LogP contribution in [0.4, 0.5) is 5.69 Å². The number of hydrogen-bond acceptors (Lipinski definition) is 2. The Hall–Kier alpha value is -1.77. The van der Waals surface area contributed by atoms with E-state index in [0.717, 1.165) is 18.7 Å². The van der Waals surface area contributed by atoms with Gasteiger partial charge in [-0.1, -0.05) is 12.1 Å². The molecule has 0 unspecified atom stereocenters. The van der Waals surface area contributed by atoms with E-state index in [0.29, 0.717) is 0 Å². The minimum absolute atomic E-state index is 1.04. The third-order valence-electron chi connectivity index (χ3n) is 2.83. The van der Waals surface area contributed by atoms with Crippen LogP contribution in [0, 0.1) is 0 Å². The maximum absolute atomic E-state index is 4.40. The van der Waals surface area contributed by atoms with Crippen molar-refractivity contribution < 1.29 is 0 Å². The van der Waals surface area contributed by atoms with E-state index < -0.39 is 0 Å². The summed E-state index contributed by atoms with van der Waals surface area (Å²) in [5.74, 6) is 0. The first-order chi connectivity index (χ1) is 7.33. The van der Waals surface area contributed by atoms with Crippen molar-refractivity contribution in [3.05, 3.63) is 36.0 Å². The van der Waals surface area contributed by atoms with Gasteiger partial charge in [0.05, 0.1) is 5.69 Å². The average Bonchev–Trinajstić information content (AvgIpc) is 2.84. The zero-order chi connectivity index (χ0) is 10.3. The second-order valence-electron chi connectivity index (χ2n) is 3.92. The van der Waals surface area contributed by atoms with Crippen molar-refractivity contribution >= 4 is 5.69 Å². The zero-order valence-electron chi connectivity index (χ0n) is 8.70. The van der Waals surface area contributed by atoms with Crippen LogP contribution in [0.15, 0.2) is 30.5 Å². The Morgan fingerprint density at radius 2 is 2.27 bits per heavy atom. The van der Waals surface area contributed by atoms with E-state index in [1.54, 1.807) is 0 Å². The van der Waals surface area contributed by atoms with Crippen molar-refractivity contribution in [2.75, 3.05) is 11.9 Å². The zero-order valence-corrected chi connectivity index (χ0v) is 8.70. The highest BCUT2D eigenvalue weighted by Gasteiger charge is 2.11. The Morgan fingerprint density at radius 3 is 3.07 bits per heavy atom. The predicted molar refractivity (Wildman–Crippen MR) is 60.8 cm³/mol. The summed E-state index contributed by atoms with van der Waals surface area (Å²) in [6.45, 7) is 1.06. The third-order valence-corrected chi connectivity index (χ3v) is 2.83. The van der Waals surface area contributed by atoms with Crippen LogP contribution in [0.3, 0.4) is 0 Å². The van der Waals surface area contributed by atoms with Crippen molar-refractivity contribution in [1.82, 2.24) is 9.78 Å². The Labute approximate surface area is 88.7 Å². The van der Waals surface area contributed by atoms with Gasteiger partial charge < -0.3 is 5.32 Å². The number of benzene rings is 1. The number of aryl methyl sites for hydroxylation is 1. The molecule has 0 saturated heterocycles. The maximum Gasteiger partial charge on any atom is 0.0923 e. The minimum atomic E-state index is 1.04. The largest absolute Gasteiger partial charge is 0.384 e. The van der Waals surface area contributed by atoms with Crippen LogP contribution < -0.4 is 5.32 Å². The fourth-order valence-electron chi connectivity index (χ4n) is 2.02. The van der Waals surface area contributed by atoms with Gasteiger partial charge in [0.2, 0.25) is 0 Å². The van der Waals surface area contributed by atoms with Gasteiger partial charge in [-0.3, -0.25) is 4.68 Å². The number of nitrogens with one attached hydrogen (secondary N) is 1. The van der Waals surface area contributed by atoms with Gasteiger partial charge in [-0.2, -0.15) is 5.10 Å². The Morgan fingerprint density at radius 1 is 1.33 bits per heavy atom. The molecule has 0 radical (unpaired) electrons. The van der Waals surface area contributed by atoms with Crippen LogP contribution in [0.1, 0.15) is 5.56 Å². The fourth-order valence-corrected chi connectivity index (χ4v) is 2.02. The summed E-state index contributed by atoms with van der Waals surface area (Å²) in [5.41, 5.74) is 4.89. The summed E-state index contributed by atoms with van der Waals surface area (Å²) < 4.78 is 1.83. The fraction of sp³-hybridized carbons (Fsp3) is 0.250. The molecule has 3 heteroatoms. The summed E-state index contributed by atoms with van der Waals surface area (Å²) in [7, 11) is 1.94. The van der Waals surface area contributed by atoms with Crippen molar-refractivity contribution in [3.63, 3.8) is 0 Å². The van der Waals surface area contributed by atoms with Gasteiger partial charge >= 0.3 is 0 Å². The number of fused-ring (bicyclic) bond motifs is 1. The van der Waals surface area contributed by atoms with Crippen LogP contribution >= 0.6 is 0 Å². The average molecular weight is 199 g/mol. The number of aromatic nitrogens is 2. The van der Waals surface area contributed by atoms with Gasteiger partial charge in [0.15, 0.2) is 0 Å². The van der Waals surface area contributed by atoms with Gasteiger partial charge in [0.1, 0.15) is 0 Å². The van der Waals surface area contributed by atoms with E-state index in [2.05, 4.69) is 28.6 Å². The monoisotopic (exact) mass is 199 g/mol. The van der Waals surface area contributed by atoms with E-state index >= 15 is 0 Å². The van der Waals surface area contributed by atoms with Crippen LogP contribution in [0.5, 0.6) is 0 Å². The molecule has 3 rings (SSSR count). The summed E-state index contributed by atoms with van der Waals surface area (Å²) in [6.07, 6.45) is 3.10. The second-order valence-corrected chi connectivity index (χ2v) is 3.92. The van der Waals surface area contributed by atoms with Gasteiger partial charge in [-0.25, -0.2) is 0 Å². The van der Waals surface area contributed by atoms with Crippen molar-refractivity contribution in [3.8, 4) is 11.3 Å². The van der Waals surface area contributed by atoms with Crippen molar-refractivity contribution in [1.29, 1.82) is 0 Å². The summed E-state index contributed by atoms with van der Waals surface area (Å²) in [6, 6.07) is 8.56. The topological polar surface area (TPSA) is 29.9 Å². The molecule has 0 fully saturated rings. The second kappa shape index (κ2) is 3.12. The quantitative estimate of drug-likeness (QED) is 0.761. The molecule has 0 spiro atoms. The molecule has 0 saturated carbocycles. The summed E-state index contributed by atoms with van der Waals surface area (Å²) in [5, 5.41) is 7.78.